The number of hydrogen-bond donors (Lipinski definition) is 3. The number of nitrogens with one attached hydrogen (secondary N) is 3. The maximum Gasteiger partial charge on any atom is 0.272 e. The molecule has 1 unspecified atom stereocenters. The molecule has 0 saturated carbocycles. The fraction of sp³-hybridized carbons (Fsp3) is 0.189. The lowest BCUT2D eigenvalue weighted by atomic mass is 10.1. The summed E-state index contributed by atoms with van der Waals surface area (Å²) in [5, 5.41) is 8.75. The van der Waals surface area contributed by atoms with Crippen molar-refractivity contribution in [2.45, 2.75) is 37.3 Å². The fourth-order valence-electron chi connectivity index (χ4n) is 4.72. The zero-order valence-corrected chi connectivity index (χ0v) is 28.5. The normalized spacial score (nSPS) is 11.9. The van der Waals surface area contributed by atoms with E-state index in [4.69, 9.17) is 9.47 Å². The van der Waals surface area contributed by atoms with Crippen molar-refractivity contribution in [2.75, 3.05) is 23.8 Å². The van der Waals surface area contributed by atoms with Crippen molar-refractivity contribution in [3.8, 4) is 11.5 Å². The molecule has 0 bridgehead atoms. The largest absolute Gasteiger partial charge is 0.494 e. The molecular weight excluding hydrogens is 645 g/mol. The van der Waals surface area contributed by atoms with Crippen molar-refractivity contribution in [2.24, 2.45) is 0 Å². The molecule has 1 heterocycles. The van der Waals surface area contributed by atoms with Crippen LogP contribution in [0.2, 0.25) is 0 Å². The summed E-state index contributed by atoms with van der Waals surface area (Å²) in [6, 6.07) is 28.9. The van der Waals surface area contributed by atoms with Crippen LogP contribution in [-0.2, 0) is 9.59 Å². The van der Waals surface area contributed by atoms with Crippen molar-refractivity contribution in [3.05, 3.63) is 114 Å². The van der Waals surface area contributed by atoms with E-state index in [-0.39, 0.29) is 11.6 Å². The number of benzene rings is 4. The van der Waals surface area contributed by atoms with Gasteiger partial charge in [0.1, 0.15) is 17.2 Å². The molecule has 0 spiro atoms. The van der Waals surface area contributed by atoms with Gasteiger partial charge in [0.25, 0.3) is 11.8 Å². The summed E-state index contributed by atoms with van der Waals surface area (Å²) in [5.41, 5.74) is 2.40. The molecule has 0 fully saturated rings. The molecule has 1 aromatic heterocycles. The number of anilines is 2. The van der Waals surface area contributed by atoms with Crippen LogP contribution in [0.3, 0.4) is 0 Å². The molecule has 3 N–H and O–H groups in total. The lowest BCUT2D eigenvalue weighted by Gasteiger charge is -2.15. The zero-order valence-electron chi connectivity index (χ0n) is 26.8. The van der Waals surface area contributed by atoms with Crippen molar-refractivity contribution in [3.63, 3.8) is 0 Å². The molecule has 0 saturated heterocycles. The predicted molar refractivity (Wildman–Crippen MR) is 194 cm³/mol. The Kier molecular flexibility index (Phi) is 11.8. The highest BCUT2D eigenvalue weighted by atomic mass is 32.2. The molecule has 1 atom stereocenters. The SMILES string of the molecule is CCOc1ccc2nc(NC(=O)C(CC)Sc3cccc(NC(=O)/C(=C\c4ccccc4OCC)NC(=O)c4ccccc4)c3)sc2c1. The summed E-state index contributed by atoms with van der Waals surface area (Å²) in [6.45, 7) is 6.77. The number of amides is 3. The van der Waals surface area contributed by atoms with E-state index >= 15 is 0 Å². The second-order valence-corrected chi connectivity index (χ2v) is 12.7. The van der Waals surface area contributed by atoms with Gasteiger partial charge in [0.05, 0.1) is 28.7 Å². The van der Waals surface area contributed by atoms with Gasteiger partial charge in [0.15, 0.2) is 5.13 Å². The second-order valence-electron chi connectivity index (χ2n) is 10.4. The van der Waals surface area contributed by atoms with Crippen LogP contribution in [0.1, 0.15) is 43.1 Å². The Labute approximate surface area is 287 Å². The Morgan fingerprint density at radius 1 is 0.854 bits per heavy atom. The first-order valence-corrected chi connectivity index (χ1v) is 17.3. The minimum atomic E-state index is -0.513. The van der Waals surface area contributed by atoms with Gasteiger partial charge in [0.2, 0.25) is 5.91 Å². The molecule has 5 rings (SSSR count). The third-order valence-electron chi connectivity index (χ3n) is 6.98. The number of fused-ring (bicyclic) bond motifs is 1. The van der Waals surface area contributed by atoms with E-state index in [0.717, 1.165) is 20.9 Å². The number of carbonyl (C=O) groups excluding carboxylic acids is 3. The average molecular weight is 681 g/mol. The van der Waals surface area contributed by atoms with E-state index in [9.17, 15) is 14.4 Å². The number of carbonyl (C=O) groups is 3. The average Bonchev–Trinajstić information content (AvgIpc) is 3.50. The van der Waals surface area contributed by atoms with E-state index in [1.807, 2.05) is 75.4 Å². The van der Waals surface area contributed by atoms with Crippen LogP contribution in [-0.4, -0.2) is 41.2 Å². The van der Waals surface area contributed by atoms with Crippen LogP contribution in [0.4, 0.5) is 10.8 Å². The number of rotatable bonds is 14. The van der Waals surface area contributed by atoms with Gasteiger partial charge in [-0.15, -0.1) is 11.8 Å². The third kappa shape index (κ3) is 9.02. The smallest absolute Gasteiger partial charge is 0.272 e. The van der Waals surface area contributed by atoms with Gasteiger partial charge in [-0.05, 0) is 80.9 Å². The monoisotopic (exact) mass is 680 g/mol. The highest BCUT2D eigenvalue weighted by Gasteiger charge is 2.21. The Hall–Kier alpha value is -5.13. The number of nitrogens with zero attached hydrogens (tertiary/aromatic N) is 1. The van der Waals surface area contributed by atoms with E-state index < -0.39 is 17.1 Å². The number of thioether (sulfide) groups is 1. The Morgan fingerprint density at radius 3 is 2.40 bits per heavy atom. The molecule has 246 valence electrons. The quantitative estimate of drug-likeness (QED) is 0.0803. The summed E-state index contributed by atoms with van der Waals surface area (Å²) >= 11 is 2.79. The van der Waals surface area contributed by atoms with Crippen LogP contribution in [0.5, 0.6) is 11.5 Å². The number of ether oxygens (including phenoxy) is 2. The molecule has 0 aliphatic rings. The van der Waals surface area contributed by atoms with Gasteiger partial charge in [-0.2, -0.15) is 0 Å². The number of thiazole rings is 1. The molecule has 0 radical (unpaired) electrons. The van der Waals surface area contributed by atoms with E-state index in [1.54, 1.807) is 48.5 Å². The van der Waals surface area contributed by atoms with Crippen molar-refractivity contribution in [1.82, 2.24) is 10.3 Å². The van der Waals surface area contributed by atoms with Gasteiger partial charge < -0.3 is 25.4 Å². The summed E-state index contributed by atoms with van der Waals surface area (Å²) in [7, 11) is 0. The van der Waals surface area contributed by atoms with Gasteiger partial charge in [-0.25, -0.2) is 4.98 Å². The second kappa shape index (κ2) is 16.6. The van der Waals surface area contributed by atoms with Gasteiger partial charge in [-0.3, -0.25) is 14.4 Å². The molecule has 9 nitrogen and oxygen atoms in total. The Balaban J connectivity index is 1.31. The summed E-state index contributed by atoms with van der Waals surface area (Å²) < 4.78 is 12.3. The summed E-state index contributed by atoms with van der Waals surface area (Å²) in [6.07, 6.45) is 2.17. The maximum atomic E-state index is 13.7. The molecular formula is C37H36N4O5S2. The molecule has 5 aromatic rings. The molecule has 3 amide bonds. The van der Waals surface area contributed by atoms with Gasteiger partial charge in [0, 0.05) is 21.7 Å². The maximum absolute atomic E-state index is 13.7. The van der Waals surface area contributed by atoms with Gasteiger partial charge in [-0.1, -0.05) is 60.7 Å². The van der Waals surface area contributed by atoms with Crippen molar-refractivity contribution < 1.29 is 23.9 Å². The number of para-hydroxylation sites is 1. The minimum absolute atomic E-state index is 0.0455. The number of hydrogen-bond acceptors (Lipinski definition) is 8. The lowest BCUT2D eigenvalue weighted by molar-refractivity contribution is -0.116. The van der Waals surface area contributed by atoms with Gasteiger partial charge >= 0.3 is 0 Å². The minimum Gasteiger partial charge on any atom is -0.494 e. The Bertz CT molecular complexity index is 1930. The standard InChI is InChI=1S/C37H36N4O5S2/c1-4-32(36(44)41-37-40-29-20-19-27(45-5-2)23-33(29)48-37)47-28-17-12-16-26(22-28)38-35(43)30(39-34(42)24-13-8-7-9-14-24)21-25-15-10-11-18-31(25)46-6-3/h7-23,32H,4-6H2,1-3H3,(H,38,43)(H,39,42)(H,40,41,44)/b30-21+. The van der Waals surface area contributed by atoms with E-state index in [2.05, 4.69) is 20.9 Å². The van der Waals surface area contributed by atoms with Crippen LogP contribution < -0.4 is 25.4 Å². The zero-order chi connectivity index (χ0) is 33.9. The Morgan fingerprint density at radius 2 is 1.62 bits per heavy atom. The molecule has 48 heavy (non-hydrogen) atoms. The number of aromatic nitrogens is 1. The predicted octanol–water partition coefficient (Wildman–Crippen LogP) is 8.01. The van der Waals surface area contributed by atoms with Crippen LogP contribution in [0, 0.1) is 0 Å². The molecule has 11 heteroatoms. The van der Waals surface area contributed by atoms with E-state index in [0.29, 0.717) is 47.3 Å². The van der Waals surface area contributed by atoms with Crippen LogP contribution in [0.25, 0.3) is 16.3 Å². The molecule has 0 aliphatic heterocycles. The first-order valence-electron chi connectivity index (χ1n) is 15.6. The third-order valence-corrected chi connectivity index (χ3v) is 9.27. The topological polar surface area (TPSA) is 119 Å². The summed E-state index contributed by atoms with van der Waals surface area (Å²) in [4.78, 5) is 45.4. The van der Waals surface area contributed by atoms with Crippen molar-refractivity contribution in [1.29, 1.82) is 0 Å². The van der Waals surface area contributed by atoms with Crippen LogP contribution in [0.15, 0.2) is 108 Å². The van der Waals surface area contributed by atoms with Crippen molar-refractivity contribution >= 4 is 67.9 Å². The highest BCUT2D eigenvalue weighted by Crippen LogP contribution is 2.32. The first kappa shape index (κ1) is 34.2. The highest BCUT2D eigenvalue weighted by molar-refractivity contribution is 8.00. The lowest BCUT2D eigenvalue weighted by Crippen LogP contribution is -2.30. The fourth-order valence-corrected chi connectivity index (χ4v) is 6.63. The van der Waals surface area contributed by atoms with Crippen LogP contribution >= 0.6 is 23.1 Å². The van der Waals surface area contributed by atoms with E-state index in [1.165, 1.54) is 23.1 Å². The summed E-state index contributed by atoms with van der Waals surface area (Å²) in [5.74, 6) is 0.248. The first-order chi connectivity index (χ1) is 23.4. The molecule has 0 aliphatic carbocycles. The molecule has 4 aromatic carbocycles.